The Morgan fingerprint density at radius 3 is 2.23 bits per heavy atom. The number of carbonyl (C=O) groups excluding carboxylic acids is 1. The quantitative estimate of drug-likeness (QED) is 0.357. The van der Waals surface area contributed by atoms with E-state index in [1.54, 1.807) is 7.05 Å². The molecular formula is C31H34N2O2. The minimum absolute atomic E-state index is 0.00463. The Kier molecular flexibility index (Phi) is 7.20. The van der Waals surface area contributed by atoms with Crippen LogP contribution >= 0.6 is 0 Å². The standard InChI is InChI=1S/C28H27NO.C3H7NO/c1-27(2)19-28(20-27,22-10-4-3-5-11-22)23-12-8-13-25(17-23)30-18-24-16-15-21-9-6-7-14-26(21)29-24;1-3(5)4-2/h3-17H,18-20H2,1-2H3;1-2H3,(H,4,5). The van der Waals surface area contributed by atoms with Crippen LogP contribution in [-0.4, -0.2) is 17.9 Å². The van der Waals surface area contributed by atoms with Gasteiger partial charge in [-0.25, -0.2) is 4.98 Å². The summed E-state index contributed by atoms with van der Waals surface area (Å²) in [5.41, 5.74) is 5.14. The molecule has 3 aromatic carbocycles. The van der Waals surface area contributed by atoms with E-state index in [1.807, 2.05) is 30.3 Å². The molecule has 0 spiro atoms. The molecule has 0 atom stereocenters. The third-order valence-electron chi connectivity index (χ3n) is 6.67. The lowest BCUT2D eigenvalue weighted by Gasteiger charge is -2.54. The number of rotatable bonds is 5. The lowest BCUT2D eigenvalue weighted by atomic mass is 9.49. The third-order valence-corrected chi connectivity index (χ3v) is 6.67. The number of nitrogens with zero attached hydrogens (tertiary/aromatic N) is 1. The second-order valence-electron chi connectivity index (χ2n) is 10.1. The van der Waals surface area contributed by atoms with Crippen LogP contribution in [0.1, 0.15) is 50.4 Å². The van der Waals surface area contributed by atoms with E-state index < -0.39 is 0 Å². The molecule has 0 aliphatic heterocycles. The summed E-state index contributed by atoms with van der Waals surface area (Å²) in [5, 5.41) is 3.54. The number of pyridine rings is 1. The molecule has 4 nitrogen and oxygen atoms in total. The number of fused-ring (bicyclic) bond motifs is 1. The van der Waals surface area contributed by atoms with E-state index in [0.717, 1.165) is 35.2 Å². The Bertz CT molecular complexity index is 1290. The molecule has 1 aromatic heterocycles. The molecule has 1 aliphatic carbocycles. The van der Waals surface area contributed by atoms with Gasteiger partial charge in [0, 0.05) is 24.8 Å². The van der Waals surface area contributed by atoms with Crippen molar-refractivity contribution in [1.29, 1.82) is 0 Å². The second-order valence-corrected chi connectivity index (χ2v) is 10.1. The van der Waals surface area contributed by atoms with E-state index in [2.05, 4.69) is 79.8 Å². The number of benzene rings is 3. The monoisotopic (exact) mass is 466 g/mol. The summed E-state index contributed by atoms with van der Waals surface area (Å²) in [5.74, 6) is 0.910. The number of para-hydroxylation sites is 1. The molecule has 0 unspecified atom stereocenters. The van der Waals surface area contributed by atoms with Gasteiger partial charge in [0.25, 0.3) is 0 Å². The maximum Gasteiger partial charge on any atom is 0.216 e. The molecule has 35 heavy (non-hydrogen) atoms. The van der Waals surface area contributed by atoms with Crippen molar-refractivity contribution in [2.75, 3.05) is 7.05 Å². The zero-order valence-electron chi connectivity index (χ0n) is 21.0. The predicted molar refractivity (Wildman–Crippen MR) is 142 cm³/mol. The Labute approximate surface area is 208 Å². The van der Waals surface area contributed by atoms with E-state index in [9.17, 15) is 4.79 Å². The average molecular weight is 467 g/mol. The minimum Gasteiger partial charge on any atom is -0.487 e. The van der Waals surface area contributed by atoms with Crippen LogP contribution in [0, 0.1) is 5.41 Å². The number of hydrogen-bond donors (Lipinski definition) is 1. The molecule has 180 valence electrons. The maximum absolute atomic E-state index is 9.70. The van der Waals surface area contributed by atoms with Crippen LogP contribution in [0.5, 0.6) is 5.75 Å². The first-order valence-corrected chi connectivity index (χ1v) is 12.1. The highest BCUT2D eigenvalue weighted by atomic mass is 16.5. The highest BCUT2D eigenvalue weighted by Gasteiger charge is 2.51. The number of hydrogen-bond acceptors (Lipinski definition) is 3. The molecule has 0 bridgehead atoms. The van der Waals surface area contributed by atoms with Gasteiger partial charge in [0.15, 0.2) is 0 Å². The number of amides is 1. The van der Waals surface area contributed by atoms with Crippen molar-refractivity contribution in [2.45, 2.75) is 45.6 Å². The zero-order valence-corrected chi connectivity index (χ0v) is 21.0. The molecule has 0 saturated heterocycles. The van der Waals surface area contributed by atoms with Crippen molar-refractivity contribution < 1.29 is 9.53 Å². The molecule has 1 aliphatic rings. The highest BCUT2D eigenvalue weighted by Crippen LogP contribution is 2.59. The van der Waals surface area contributed by atoms with Gasteiger partial charge in [-0.1, -0.05) is 80.6 Å². The second kappa shape index (κ2) is 10.3. The summed E-state index contributed by atoms with van der Waals surface area (Å²) in [6, 6.07) is 31.9. The molecule has 1 amide bonds. The summed E-state index contributed by atoms with van der Waals surface area (Å²) < 4.78 is 6.17. The Morgan fingerprint density at radius 1 is 0.886 bits per heavy atom. The fraction of sp³-hybridized carbons (Fsp3) is 0.290. The molecule has 1 saturated carbocycles. The first kappa shape index (κ1) is 24.5. The van der Waals surface area contributed by atoms with E-state index in [1.165, 1.54) is 18.1 Å². The highest BCUT2D eigenvalue weighted by molar-refractivity contribution is 5.78. The fourth-order valence-corrected chi connectivity index (χ4v) is 5.14. The van der Waals surface area contributed by atoms with E-state index >= 15 is 0 Å². The van der Waals surface area contributed by atoms with Gasteiger partial charge in [-0.2, -0.15) is 0 Å². The van der Waals surface area contributed by atoms with E-state index in [4.69, 9.17) is 9.72 Å². The maximum atomic E-state index is 9.70. The van der Waals surface area contributed by atoms with E-state index in [0.29, 0.717) is 12.0 Å². The van der Waals surface area contributed by atoms with Gasteiger partial charge in [0.05, 0.1) is 11.2 Å². The Hall–Kier alpha value is -3.66. The van der Waals surface area contributed by atoms with Gasteiger partial charge in [-0.05, 0) is 53.6 Å². The summed E-state index contributed by atoms with van der Waals surface area (Å²) in [7, 11) is 1.60. The summed E-state index contributed by atoms with van der Waals surface area (Å²) in [4.78, 5) is 14.4. The van der Waals surface area contributed by atoms with Crippen molar-refractivity contribution in [3.05, 3.63) is 108 Å². The molecule has 0 radical (unpaired) electrons. The smallest absolute Gasteiger partial charge is 0.216 e. The van der Waals surface area contributed by atoms with Gasteiger partial charge in [-0.15, -0.1) is 0 Å². The predicted octanol–water partition coefficient (Wildman–Crippen LogP) is 6.67. The fourth-order valence-electron chi connectivity index (χ4n) is 5.14. The lowest BCUT2D eigenvalue weighted by Crippen LogP contribution is -2.47. The summed E-state index contributed by atoms with van der Waals surface area (Å²) in [6.07, 6.45) is 2.30. The summed E-state index contributed by atoms with van der Waals surface area (Å²) >= 11 is 0. The molecule has 4 heteroatoms. The zero-order chi connectivity index (χ0) is 24.9. The van der Waals surface area contributed by atoms with Gasteiger partial charge in [0.1, 0.15) is 12.4 Å². The van der Waals surface area contributed by atoms with Crippen molar-refractivity contribution in [1.82, 2.24) is 10.3 Å². The lowest BCUT2D eigenvalue weighted by molar-refractivity contribution is -0.118. The number of nitrogens with one attached hydrogen (secondary N) is 1. The average Bonchev–Trinajstić information content (AvgIpc) is 2.86. The topological polar surface area (TPSA) is 51.2 Å². The summed E-state index contributed by atoms with van der Waals surface area (Å²) in [6.45, 7) is 6.66. The van der Waals surface area contributed by atoms with Crippen LogP contribution in [0.3, 0.4) is 0 Å². The van der Waals surface area contributed by atoms with Gasteiger partial charge < -0.3 is 10.1 Å². The molecule has 4 aromatic rings. The largest absolute Gasteiger partial charge is 0.487 e. The number of carbonyl (C=O) groups is 1. The van der Waals surface area contributed by atoms with Crippen molar-refractivity contribution in [3.63, 3.8) is 0 Å². The number of ether oxygens (including phenoxy) is 1. The molecule has 1 N–H and O–H groups in total. The van der Waals surface area contributed by atoms with Crippen molar-refractivity contribution in [3.8, 4) is 5.75 Å². The molecular weight excluding hydrogens is 432 g/mol. The van der Waals surface area contributed by atoms with Crippen LogP contribution in [0.15, 0.2) is 91.0 Å². The van der Waals surface area contributed by atoms with Crippen LogP contribution in [0.25, 0.3) is 10.9 Å². The van der Waals surface area contributed by atoms with Crippen LogP contribution < -0.4 is 10.1 Å². The van der Waals surface area contributed by atoms with E-state index in [-0.39, 0.29) is 11.3 Å². The van der Waals surface area contributed by atoms with Crippen LogP contribution in [0.4, 0.5) is 0 Å². The minimum atomic E-state index is 0.00463. The number of aromatic nitrogens is 1. The molecule has 1 heterocycles. The SMILES string of the molecule is CC1(C)CC(c2ccccc2)(c2cccc(OCc3ccc4ccccc4n3)c2)C1.CNC(C)=O. The molecule has 5 rings (SSSR count). The first-order valence-electron chi connectivity index (χ1n) is 12.1. The van der Waals surface area contributed by atoms with Crippen LogP contribution in [0.2, 0.25) is 0 Å². The Morgan fingerprint density at radius 2 is 1.54 bits per heavy atom. The first-order chi connectivity index (χ1) is 16.8. The van der Waals surface area contributed by atoms with Crippen molar-refractivity contribution in [2.24, 2.45) is 5.41 Å². The van der Waals surface area contributed by atoms with Crippen LogP contribution in [-0.2, 0) is 16.8 Å². The third kappa shape index (κ3) is 5.71. The van der Waals surface area contributed by atoms with Gasteiger partial charge in [-0.3, -0.25) is 4.79 Å². The van der Waals surface area contributed by atoms with Gasteiger partial charge in [0.2, 0.25) is 5.91 Å². The van der Waals surface area contributed by atoms with Crippen molar-refractivity contribution >= 4 is 16.8 Å². The molecule has 1 fully saturated rings. The van der Waals surface area contributed by atoms with Gasteiger partial charge >= 0.3 is 0 Å². The normalized spacial score (nSPS) is 15.3. The Balaban J connectivity index is 0.000000527.